The van der Waals surface area contributed by atoms with Crippen LogP contribution in [0.15, 0.2) is 10.9 Å². The van der Waals surface area contributed by atoms with Crippen LogP contribution in [0, 0.1) is 0 Å². The lowest BCUT2D eigenvalue weighted by molar-refractivity contribution is -0.153. The van der Waals surface area contributed by atoms with E-state index in [9.17, 15) is 18.0 Å². The predicted molar refractivity (Wildman–Crippen MR) is 89.8 cm³/mol. The van der Waals surface area contributed by atoms with Crippen molar-refractivity contribution >= 4 is 11.8 Å². The Labute approximate surface area is 149 Å². The normalized spacial score (nSPS) is 23.9. The minimum atomic E-state index is -4.40. The summed E-state index contributed by atoms with van der Waals surface area (Å²) in [4.78, 5) is 20.0. The third kappa shape index (κ3) is 3.66. The summed E-state index contributed by atoms with van der Waals surface area (Å²) < 4.78 is 52.2. The second-order valence-corrected chi connectivity index (χ2v) is 6.55. The van der Waals surface area contributed by atoms with E-state index in [0.717, 1.165) is 4.90 Å². The highest BCUT2D eigenvalue weighted by Crippen LogP contribution is 2.34. The molecule has 3 rings (SSSR count). The van der Waals surface area contributed by atoms with Gasteiger partial charge in [-0.1, -0.05) is 0 Å². The topological polar surface area (TPSA) is 59.8 Å². The largest absolute Gasteiger partial charge is 0.408 e. The Bertz CT molecular complexity index is 694. The summed E-state index contributed by atoms with van der Waals surface area (Å²) in [5.74, 6) is 0.444. The van der Waals surface area contributed by atoms with E-state index in [4.69, 9.17) is 9.47 Å². The van der Waals surface area contributed by atoms with Crippen LogP contribution >= 0.6 is 0 Å². The van der Waals surface area contributed by atoms with Crippen molar-refractivity contribution in [3.63, 3.8) is 0 Å². The van der Waals surface area contributed by atoms with Gasteiger partial charge in [-0.2, -0.15) is 18.2 Å². The number of anilines is 2. The zero-order valence-electron chi connectivity index (χ0n) is 14.8. The van der Waals surface area contributed by atoms with Gasteiger partial charge in [0, 0.05) is 32.8 Å². The average molecular weight is 376 g/mol. The molecule has 7 nitrogen and oxygen atoms in total. The molecule has 0 aromatic carbocycles. The molecule has 0 saturated carbocycles. The van der Waals surface area contributed by atoms with Crippen molar-refractivity contribution in [2.75, 3.05) is 49.8 Å². The van der Waals surface area contributed by atoms with Gasteiger partial charge < -0.3 is 19.3 Å². The van der Waals surface area contributed by atoms with Crippen molar-refractivity contribution in [2.45, 2.75) is 38.1 Å². The van der Waals surface area contributed by atoms with Gasteiger partial charge in [-0.25, -0.2) is 0 Å². The zero-order valence-corrected chi connectivity index (χ0v) is 14.8. The molecule has 1 aromatic heterocycles. The molecule has 0 spiro atoms. The van der Waals surface area contributed by atoms with Crippen molar-refractivity contribution in [3.05, 3.63) is 16.4 Å². The quantitative estimate of drug-likeness (QED) is 0.789. The van der Waals surface area contributed by atoms with Crippen LogP contribution in [0.4, 0.5) is 24.9 Å². The van der Waals surface area contributed by atoms with Crippen LogP contribution in [0.25, 0.3) is 0 Å². The Balaban J connectivity index is 2.02. The fourth-order valence-corrected chi connectivity index (χ4v) is 3.46. The summed E-state index contributed by atoms with van der Waals surface area (Å²) in [5.41, 5.74) is -0.341. The van der Waals surface area contributed by atoms with E-state index in [1.165, 1.54) is 17.7 Å². The van der Waals surface area contributed by atoms with Gasteiger partial charge in [0.2, 0.25) is 5.95 Å². The molecule has 0 bridgehead atoms. The molecule has 26 heavy (non-hydrogen) atoms. The number of nitrogens with zero attached hydrogens (tertiary/aromatic N) is 4. The third-order valence-electron chi connectivity index (χ3n) is 4.81. The molecule has 3 heterocycles. The number of fused-ring (bicyclic) bond motifs is 1. The van der Waals surface area contributed by atoms with Gasteiger partial charge in [0.15, 0.2) is 0 Å². The van der Waals surface area contributed by atoms with E-state index in [1.54, 1.807) is 0 Å². The van der Waals surface area contributed by atoms with Crippen molar-refractivity contribution in [3.8, 4) is 0 Å². The Kier molecular flexibility index (Phi) is 5.42. The highest BCUT2D eigenvalue weighted by molar-refractivity contribution is 5.47. The van der Waals surface area contributed by atoms with Crippen LogP contribution in [0.1, 0.15) is 13.3 Å². The molecule has 0 radical (unpaired) electrons. The zero-order chi connectivity index (χ0) is 18.9. The van der Waals surface area contributed by atoms with Crippen LogP contribution in [-0.2, 0) is 16.0 Å². The SMILES string of the molecule is COCCN1c2nc(N3CCOCC3C)cc(=O)n2CCC1C(F)(F)F. The fourth-order valence-electron chi connectivity index (χ4n) is 3.46. The summed E-state index contributed by atoms with van der Waals surface area (Å²) in [6.45, 7) is 3.56. The number of hydrogen-bond donors (Lipinski definition) is 0. The van der Waals surface area contributed by atoms with E-state index in [0.29, 0.717) is 25.6 Å². The van der Waals surface area contributed by atoms with Gasteiger partial charge in [-0.3, -0.25) is 9.36 Å². The standard InChI is InChI=1S/C16H23F3N4O3/c1-11-10-26-8-6-21(11)13-9-14(24)23-4-3-12(16(17,18)19)22(5-7-25-2)15(23)20-13/h9,11-12H,3-8,10H2,1-2H3. The smallest absolute Gasteiger partial charge is 0.383 e. The molecular weight excluding hydrogens is 353 g/mol. The van der Waals surface area contributed by atoms with Gasteiger partial charge in [0.05, 0.1) is 25.9 Å². The summed E-state index contributed by atoms with van der Waals surface area (Å²) in [6, 6.07) is -0.289. The average Bonchev–Trinajstić information content (AvgIpc) is 2.59. The van der Waals surface area contributed by atoms with Crippen molar-refractivity contribution in [1.82, 2.24) is 9.55 Å². The second-order valence-electron chi connectivity index (χ2n) is 6.55. The summed E-state index contributed by atoms with van der Waals surface area (Å²) in [5, 5.41) is 0. The summed E-state index contributed by atoms with van der Waals surface area (Å²) >= 11 is 0. The number of rotatable bonds is 4. The van der Waals surface area contributed by atoms with E-state index in [1.807, 2.05) is 11.8 Å². The fraction of sp³-hybridized carbons (Fsp3) is 0.750. The van der Waals surface area contributed by atoms with Crippen molar-refractivity contribution < 1.29 is 22.6 Å². The lowest BCUT2D eigenvalue weighted by atomic mass is 10.1. The molecule has 2 atom stereocenters. The monoisotopic (exact) mass is 376 g/mol. The van der Waals surface area contributed by atoms with Gasteiger partial charge in [-0.15, -0.1) is 0 Å². The number of alkyl halides is 3. The van der Waals surface area contributed by atoms with E-state index < -0.39 is 12.2 Å². The Hall–Kier alpha value is -1.81. The lowest BCUT2D eigenvalue weighted by Gasteiger charge is -2.40. The number of morpholine rings is 1. The van der Waals surface area contributed by atoms with Crippen LogP contribution in [0.2, 0.25) is 0 Å². The second kappa shape index (κ2) is 7.43. The number of halogens is 3. The molecule has 1 fully saturated rings. The maximum atomic E-state index is 13.5. The van der Waals surface area contributed by atoms with Crippen LogP contribution in [0.3, 0.4) is 0 Å². The van der Waals surface area contributed by atoms with E-state index in [2.05, 4.69) is 4.98 Å². The molecular formula is C16H23F3N4O3. The first-order chi connectivity index (χ1) is 12.3. The Morgan fingerprint density at radius 1 is 1.38 bits per heavy atom. The van der Waals surface area contributed by atoms with Gasteiger partial charge >= 0.3 is 6.18 Å². The highest BCUT2D eigenvalue weighted by Gasteiger charge is 2.46. The van der Waals surface area contributed by atoms with Gasteiger partial charge in [0.25, 0.3) is 5.56 Å². The number of hydrogen-bond acceptors (Lipinski definition) is 6. The molecule has 10 heteroatoms. The maximum absolute atomic E-state index is 13.5. The molecule has 1 saturated heterocycles. The molecule has 1 aromatic rings. The third-order valence-corrected chi connectivity index (χ3v) is 4.81. The van der Waals surface area contributed by atoms with Crippen LogP contribution in [-0.4, -0.2) is 67.8 Å². The number of ether oxygens (including phenoxy) is 2. The molecule has 0 amide bonds. The summed E-state index contributed by atoms with van der Waals surface area (Å²) in [6.07, 6.45) is -4.59. The first-order valence-electron chi connectivity index (χ1n) is 8.61. The van der Waals surface area contributed by atoms with Crippen molar-refractivity contribution in [1.29, 1.82) is 0 Å². The molecule has 0 aliphatic carbocycles. The minimum Gasteiger partial charge on any atom is -0.383 e. The van der Waals surface area contributed by atoms with Crippen molar-refractivity contribution in [2.24, 2.45) is 0 Å². The number of aromatic nitrogens is 2. The molecule has 2 aliphatic rings. The first-order valence-corrected chi connectivity index (χ1v) is 8.61. The summed E-state index contributed by atoms with van der Waals surface area (Å²) in [7, 11) is 1.43. The molecule has 2 unspecified atom stereocenters. The minimum absolute atomic E-state index is 0.00618. The molecule has 2 aliphatic heterocycles. The Morgan fingerprint density at radius 2 is 2.15 bits per heavy atom. The van der Waals surface area contributed by atoms with Crippen LogP contribution in [0.5, 0.6) is 0 Å². The predicted octanol–water partition coefficient (Wildman–Crippen LogP) is 1.26. The van der Waals surface area contributed by atoms with Gasteiger partial charge in [-0.05, 0) is 13.3 Å². The van der Waals surface area contributed by atoms with Crippen LogP contribution < -0.4 is 15.4 Å². The van der Waals surface area contributed by atoms with Gasteiger partial charge in [0.1, 0.15) is 11.9 Å². The maximum Gasteiger partial charge on any atom is 0.408 e. The Morgan fingerprint density at radius 3 is 2.81 bits per heavy atom. The number of methoxy groups -OCH3 is 1. The highest BCUT2D eigenvalue weighted by atomic mass is 19.4. The van der Waals surface area contributed by atoms with E-state index >= 15 is 0 Å². The molecule has 0 N–H and O–H groups in total. The molecule has 146 valence electrons. The first kappa shape index (κ1) is 19.0. The lowest BCUT2D eigenvalue weighted by Crippen LogP contribution is -2.54. The van der Waals surface area contributed by atoms with E-state index in [-0.39, 0.29) is 43.7 Å².